The largest absolute Gasteiger partial charge is 0.393 e. The lowest BCUT2D eigenvalue weighted by atomic mass is 10.1. The molecule has 0 aromatic heterocycles. The van der Waals surface area contributed by atoms with Crippen LogP contribution in [0.25, 0.3) is 0 Å². The van der Waals surface area contributed by atoms with Gasteiger partial charge in [0, 0.05) is 12.6 Å². The molecule has 0 spiro atoms. The molecular weight excluding hydrogens is 229 g/mol. The molecule has 0 aliphatic carbocycles. The maximum atomic E-state index is 13.1. The number of allylic oxidation sites excluding steroid dienone is 1. The minimum Gasteiger partial charge on any atom is -0.393 e. The van der Waals surface area contributed by atoms with E-state index >= 15 is 0 Å². The Balaban J connectivity index is 2.16. The van der Waals surface area contributed by atoms with Crippen LogP contribution in [0.2, 0.25) is 0 Å². The minimum atomic E-state index is -0.953. The maximum Gasteiger partial charge on any atom is 0.236 e. The molecule has 0 bridgehead atoms. The van der Waals surface area contributed by atoms with Crippen LogP contribution in [0.15, 0.2) is 24.2 Å². The first-order valence-corrected chi connectivity index (χ1v) is 5.18. The third-order valence-electron chi connectivity index (χ3n) is 2.81. The lowest BCUT2D eigenvalue weighted by Gasteiger charge is -2.27. The topological polar surface area (TPSA) is 66.8 Å². The summed E-state index contributed by atoms with van der Waals surface area (Å²) in [6.45, 7) is 3.47. The van der Waals surface area contributed by atoms with E-state index in [1.165, 1.54) is 0 Å². The van der Waals surface area contributed by atoms with E-state index in [0.717, 1.165) is 11.1 Å². The third-order valence-corrected chi connectivity index (χ3v) is 2.81. The minimum absolute atomic E-state index is 0.234. The summed E-state index contributed by atoms with van der Waals surface area (Å²) in [6, 6.07) is 0. The molecule has 2 aliphatic heterocycles. The van der Waals surface area contributed by atoms with Gasteiger partial charge in [-0.1, -0.05) is 6.58 Å². The molecule has 17 heavy (non-hydrogen) atoms. The molecule has 1 fully saturated rings. The smallest absolute Gasteiger partial charge is 0.236 e. The van der Waals surface area contributed by atoms with E-state index in [1.54, 1.807) is 0 Å². The van der Waals surface area contributed by atoms with Crippen LogP contribution in [0.1, 0.15) is 12.8 Å². The van der Waals surface area contributed by atoms with Gasteiger partial charge in [-0.15, -0.1) is 0 Å². The number of ketones is 1. The van der Waals surface area contributed by atoms with Crippen LogP contribution in [0.5, 0.6) is 0 Å². The van der Waals surface area contributed by atoms with Crippen molar-refractivity contribution in [2.24, 2.45) is 0 Å². The van der Waals surface area contributed by atoms with E-state index < -0.39 is 36.3 Å². The Hall–Kier alpha value is -1.53. The third kappa shape index (κ3) is 2.13. The number of carbonyl (C=O) groups is 2. The fraction of sp³-hybridized carbons (Fsp3) is 0.455. The highest BCUT2D eigenvalue weighted by Gasteiger charge is 2.37. The number of amides is 1. The molecule has 0 aromatic rings. The predicted molar refractivity (Wildman–Crippen MR) is 55.2 cm³/mol. The first-order chi connectivity index (χ1) is 8.02. The number of aliphatic hydroxyl groups excluding tert-OH is 1. The lowest BCUT2D eigenvalue weighted by molar-refractivity contribution is -0.144. The maximum absolute atomic E-state index is 13.1. The molecule has 6 heteroatoms. The Bertz CT molecular complexity index is 418. The Morgan fingerprint density at radius 1 is 1.59 bits per heavy atom. The molecular formula is C11H12FNO4. The zero-order chi connectivity index (χ0) is 12.6. The second-order valence-corrected chi connectivity index (χ2v) is 4.00. The summed E-state index contributed by atoms with van der Waals surface area (Å²) in [5.41, 5.74) is 0.649. The van der Waals surface area contributed by atoms with Gasteiger partial charge in [0.1, 0.15) is 12.3 Å². The van der Waals surface area contributed by atoms with Gasteiger partial charge in [-0.25, -0.2) is 4.39 Å². The number of Topliss-reactive ketones (excluding diaryl/α,β-unsaturated/α-hetero) is 1. The summed E-state index contributed by atoms with van der Waals surface area (Å²) < 4.78 is 18.5. The highest BCUT2D eigenvalue weighted by atomic mass is 19.1. The van der Waals surface area contributed by atoms with Crippen molar-refractivity contribution in [3.63, 3.8) is 0 Å². The summed E-state index contributed by atoms with van der Waals surface area (Å²) in [5.74, 6) is -2.28. The number of rotatable bonds is 2. The highest BCUT2D eigenvalue weighted by molar-refractivity contribution is 6.08. The van der Waals surface area contributed by atoms with E-state index in [-0.39, 0.29) is 6.61 Å². The van der Waals surface area contributed by atoms with Crippen LogP contribution in [-0.2, 0) is 14.3 Å². The molecule has 0 unspecified atom stereocenters. The van der Waals surface area contributed by atoms with Gasteiger partial charge in [0.2, 0.25) is 11.7 Å². The van der Waals surface area contributed by atoms with E-state index in [2.05, 4.69) is 6.58 Å². The van der Waals surface area contributed by atoms with Crippen LogP contribution < -0.4 is 0 Å². The number of hydrogen-bond acceptors (Lipinski definition) is 4. The molecule has 5 nitrogen and oxygen atoms in total. The monoisotopic (exact) mass is 241 g/mol. The van der Waals surface area contributed by atoms with Crippen molar-refractivity contribution in [1.82, 2.24) is 4.90 Å². The number of halogens is 1. The van der Waals surface area contributed by atoms with Gasteiger partial charge < -0.3 is 9.84 Å². The fourth-order valence-corrected chi connectivity index (χ4v) is 1.85. The van der Waals surface area contributed by atoms with Crippen LogP contribution in [-0.4, -0.2) is 40.6 Å². The zero-order valence-electron chi connectivity index (χ0n) is 9.06. The van der Waals surface area contributed by atoms with E-state index in [4.69, 9.17) is 9.84 Å². The average molecular weight is 241 g/mol. The van der Waals surface area contributed by atoms with Gasteiger partial charge >= 0.3 is 0 Å². The Morgan fingerprint density at radius 3 is 2.88 bits per heavy atom. The molecule has 2 heterocycles. The average Bonchev–Trinajstić information content (AvgIpc) is 2.65. The molecule has 1 N–H and O–H groups in total. The predicted octanol–water partition coefficient (Wildman–Crippen LogP) is 0.262. The molecule has 1 amide bonds. The normalized spacial score (nSPS) is 29.9. The number of hydrogen-bond donors (Lipinski definition) is 1. The lowest BCUT2D eigenvalue weighted by Crippen LogP contribution is -2.40. The molecule has 0 saturated carbocycles. The van der Waals surface area contributed by atoms with Crippen LogP contribution >= 0.6 is 0 Å². The number of aliphatic hydroxyl groups is 1. The second-order valence-electron chi connectivity index (χ2n) is 4.00. The van der Waals surface area contributed by atoms with Crippen molar-refractivity contribution in [2.45, 2.75) is 25.2 Å². The van der Waals surface area contributed by atoms with Gasteiger partial charge in [-0.2, -0.15) is 0 Å². The van der Waals surface area contributed by atoms with Crippen molar-refractivity contribution in [3.8, 4) is 0 Å². The molecule has 0 aromatic carbocycles. The quantitative estimate of drug-likeness (QED) is 0.556. The Kier molecular flexibility index (Phi) is 3.08. The standard InChI is InChI=1S/C11H12FNO4/c1-6-2-11(17-9(6)5-14)13-4-7(12)8(15)3-10(13)16/h4,9,11,14H,1-3,5H2/t9-,11-/m0/s1. The van der Waals surface area contributed by atoms with Gasteiger partial charge in [0.25, 0.3) is 0 Å². The summed E-state index contributed by atoms with van der Waals surface area (Å²) in [7, 11) is 0. The Morgan fingerprint density at radius 2 is 2.29 bits per heavy atom. The highest BCUT2D eigenvalue weighted by Crippen LogP contribution is 2.29. The van der Waals surface area contributed by atoms with Crippen molar-refractivity contribution in [1.29, 1.82) is 0 Å². The fourth-order valence-electron chi connectivity index (χ4n) is 1.85. The van der Waals surface area contributed by atoms with Crippen LogP contribution in [0.4, 0.5) is 4.39 Å². The SMILES string of the molecule is C=C1C[C@@H](N2C=C(F)C(=O)CC2=O)O[C@H]1CO. The van der Waals surface area contributed by atoms with Gasteiger partial charge in [0.05, 0.1) is 13.0 Å². The van der Waals surface area contributed by atoms with Crippen molar-refractivity contribution >= 4 is 11.7 Å². The van der Waals surface area contributed by atoms with Crippen LogP contribution in [0.3, 0.4) is 0 Å². The number of nitrogens with zero attached hydrogens (tertiary/aromatic N) is 1. The molecule has 2 aliphatic rings. The summed E-state index contributed by atoms with van der Waals surface area (Å²) in [5, 5.41) is 8.98. The molecule has 0 radical (unpaired) electrons. The van der Waals surface area contributed by atoms with Crippen LogP contribution in [0, 0.1) is 0 Å². The van der Waals surface area contributed by atoms with Gasteiger partial charge in [0.15, 0.2) is 5.83 Å². The van der Waals surface area contributed by atoms with Gasteiger partial charge in [-0.3, -0.25) is 14.5 Å². The molecule has 92 valence electrons. The van der Waals surface area contributed by atoms with Gasteiger partial charge in [-0.05, 0) is 5.57 Å². The number of carbonyl (C=O) groups excluding carboxylic acids is 2. The van der Waals surface area contributed by atoms with Crippen molar-refractivity contribution in [2.75, 3.05) is 6.61 Å². The second kappa shape index (κ2) is 4.38. The van der Waals surface area contributed by atoms with Crippen molar-refractivity contribution < 1.29 is 23.8 Å². The first kappa shape index (κ1) is 11.9. The first-order valence-electron chi connectivity index (χ1n) is 5.18. The van der Waals surface area contributed by atoms with E-state index in [9.17, 15) is 14.0 Å². The van der Waals surface area contributed by atoms with E-state index in [1.807, 2.05) is 0 Å². The summed E-state index contributed by atoms with van der Waals surface area (Å²) in [6.07, 6.45) is -0.535. The summed E-state index contributed by atoms with van der Waals surface area (Å²) in [4.78, 5) is 23.6. The molecule has 2 rings (SSSR count). The number of ether oxygens (including phenoxy) is 1. The van der Waals surface area contributed by atoms with Crippen molar-refractivity contribution in [3.05, 3.63) is 24.2 Å². The molecule has 2 atom stereocenters. The van der Waals surface area contributed by atoms with E-state index in [0.29, 0.717) is 12.0 Å². The Labute approximate surface area is 97.2 Å². The zero-order valence-corrected chi connectivity index (χ0v) is 9.06. The molecule has 1 saturated heterocycles. The summed E-state index contributed by atoms with van der Waals surface area (Å²) >= 11 is 0.